The Bertz CT molecular complexity index is 599. The van der Waals surface area contributed by atoms with Gasteiger partial charge in [-0.2, -0.15) is 13.2 Å². The SMILES string of the molecule is CCCN1C(=O)[C@](NC(=O)CC(C)C)(C(F)(F)F)C(C(=O)OC)=C1C. The van der Waals surface area contributed by atoms with Crippen molar-refractivity contribution in [2.45, 2.75) is 52.3 Å². The largest absolute Gasteiger partial charge is 0.466 e. The average molecular weight is 364 g/mol. The summed E-state index contributed by atoms with van der Waals surface area (Å²) in [6, 6.07) is 0. The number of ether oxygens (including phenoxy) is 1. The molecule has 0 bridgehead atoms. The van der Waals surface area contributed by atoms with Gasteiger partial charge in [-0.1, -0.05) is 20.8 Å². The molecule has 142 valence electrons. The number of nitrogens with zero attached hydrogens (tertiary/aromatic N) is 1. The van der Waals surface area contributed by atoms with Crippen LogP contribution in [0.25, 0.3) is 0 Å². The van der Waals surface area contributed by atoms with Gasteiger partial charge < -0.3 is 15.0 Å². The van der Waals surface area contributed by atoms with Crippen LogP contribution in [-0.4, -0.2) is 48.1 Å². The molecule has 25 heavy (non-hydrogen) atoms. The highest BCUT2D eigenvalue weighted by Gasteiger charge is 2.70. The molecule has 9 heteroatoms. The van der Waals surface area contributed by atoms with Crippen LogP contribution in [-0.2, 0) is 19.1 Å². The number of esters is 1. The number of alkyl halides is 3. The Morgan fingerprint density at radius 2 is 1.88 bits per heavy atom. The first-order valence-electron chi connectivity index (χ1n) is 7.93. The van der Waals surface area contributed by atoms with Gasteiger partial charge in [-0.15, -0.1) is 0 Å². The van der Waals surface area contributed by atoms with Crippen molar-refractivity contribution >= 4 is 17.8 Å². The third kappa shape index (κ3) is 3.64. The third-order valence-corrected chi connectivity index (χ3v) is 3.89. The number of nitrogens with one attached hydrogen (secondary N) is 1. The molecule has 0 aromatic rings. The topological polar surface area (TPSA) is 75.7 Å². The van der Waals surface area contributed by atoms with Gasteiger partial charge in [0.05, 0.1) is 7.11 Å². The highest BCUT2D eigenvalue weighted by atomic mass is 19.4. The highest BCUT2D eigenvalue weighted by molar-refractivity contribution is 6.10. The van der Waals surface area contributed by atoms with E-state index < -0.39 is 35.1 Å². The Morgan fingerprint density at radius 1 is 1.32 bits per heavy atom. The van der Waals surface area contributed by atoms with Crippen molar-refractivity contribution in [3.63, 3.8) is 0 Å². The first-order valence-corrected chi connectivity index (χ1v) is 7.93. The predicted octanol–water partition coefficient (Wildman–Crippen LogP) is 2.15. The first kappa shape index (κ1) is 21.0. The Kier molecular flexibility index (Phi) is 6.25. The van der Waals surface area contributed by atoms with Gasteiger partial charge >= 0.3 is 12.1 Å². The number of hydrogen-bond donors (Lipinski definition) is 1. The lowest BCUT2D eigenvalue weighted by Crippen LogP contribution is -2.66. The molecule has 6 nitrogen and oxygen atoms in total. The summed E-state index contributed by atoms with van der Waals surface area (Å²) < 4.78 is 46.4. The minimum Gasteiger partial charge on any atom is -0.466 e. The van der Waals surface area contributed by atoms with Crippen LogP contribution in [0, 0.1) is 5.92 Å². The van der Waals surface area contributed by atoms with E-state index in [4.69, 9.17) is 0 Å². The van der Waals surface area contributed by atoms with Gasteiger partial charge in [0, 0.05) is 18.7 Å². The Hall–Kier alpha value is -2.06. The van der Waals surface area contributed by atoms with E-state index in [0.29, 0.717) is 6.42 Å². The molecule has 0 unspecified atom stereocenters. The number of methoxy groups -OCH3 is 1. The Labute approximate surface area is 144 Å². The number of hydrogen-bond acceptors (Lipinski definition) is 4. The van der Waals surface area contributed by atoms with Crippen molar-refractivity contribution in [3.8, 4) is 0 Å². The fourth-order valence-electron chi connectivity index (χ4n) is 2.84. The van der Waals surface area contributed by atoms with E-state index in [0.717, 1.165) is 12.0 Å². The number of carbonyl (C=O) groups is 3. The quantitative estimate of drug-likeness (QED) is 0.733. The zero-order valence-electron chi connectivity index (χ0n) is 14.9. The molecule has 1 aliphatic heterocycles. The van der Waals surface area contributed by atoms with Gasteiger partial charge in [-0.05, 0) is 19.3 Å². The van der Waals surface area contributed by atoms with E-state index in [1.807, 2.05) is 0 Å². The van der Waals surface area contributed by atoms with Crippen LogP contribution in [0.2, 0.25) is 0 Å². The van der Waals surface area contributed by atoms with Crippen LogP contribution in [0.5, 0.6) is 0 Å². The van der Waals surface area contributed by atoms with Crippen molar-refractivity contribution in [2.75, 3.05) is 13.7 Å². The summed E-state index contributed by atoms with van der Waals surface area (Å²) in [7, 11) is 0.923. The maximum absolute atomic E-state index is 14.0. The summed E-state index contributed by atoms with van der Waals surface area (Å²) in [5.74, 6) is -3.88. The van der Waals surface area contributed by atoms with Crippen LogP contribution in [0.1, 0.15) is 40.5 Å². The molecule has 0 saturated carbocycles. The monoisotopic (exact) mass is 364 g/mol. The minimum absolute atomic E-state index is 0.0109. The van der Waals surface area contributed by atoms with Crippen LogP contribution >= 0.6 is 0 Å². The molecule has 0 aromatic heterocycles. The average Bonchev–Trinajstić information content (AvgIpc) is 2.68. The summed E-state index contributed by atoms with van der Waals surface area (Å²) in [6.45, 7) is 6.22. The molecule has 0 saturated heterocycles. The summed E-state index contributed by atoms with van der Waals surface area (Å²) in [4.78, 5) is 37.7. The van der Waals surface area contributed by atoms with Gasteiger partial charge in [-0.3, -0.25) is 9.59 Å². The number of rotatable bonds is 6. The number of amides is 2. The maximum atomic E-state index is 14.0. The molecule has 1 heterocycles. The Morgan fingerprint density at radius 3 is 2.28 bits per heavy atom. The lowest BCUT2D eigenvalue weighted by molar-refractivity contribution is -0.196. The smallest absolute Gasteiger partial charge is 0.425 e. The van der Waals surface area contributed by atoms with E-state index in [1.165, 1.54) is 6.92 Å². The molecule has 0 fully saturated rings. The number of carbonyl (C=O) groups excluding carboxylic acids is 3. The van der Waals surface area contributed by atoms with Crippen LogP contribution in [0.15, 0.2) is 11.3 Å². The van der Waals surface area contributed by atoms with Crippen LogP contribution < -0.4 is 5.32 Å². The van der Waals surface area contributed by atoms with Gasteiger partial charge in [0.2, 0.25) is 11.4 Å². The fourth-order valence-corrected chi connectivity index (χ4v) is 2.84. The summed E-state index contributed by atoms with van der Waals surface area (Å²) >= 11 is 0. The molecule has 2 amide bonds. The van der Waals surface area contributed by atoms with Crippen molar-refractivity contribution in [1.29, 1.82) is 0 Å². The maximum Gasteiger partial charge on any atom is 0.425 e. The van der Waals surface area contributed by atoms with Gasteiger partial charge in [0.25, 0.3) is 5.91 Å². The second-order valence-electron chi connectivity index (χ2n) is 6.30. The number of halogens is 3. The first-order chi connectivity index (χ1) is 11.4. The van der Waals surface area contributed by atoms with Crippen molar-refractivity contribution < 1.29 is 32.3 Å². The molecule has 1 rings (SSSR count). The molecular weight excluding hydrogens is 341 g/mol. The minimum atomic E-state index is -5.20. The van der Waals surface area contributed by atoms with Gasteiger partial charge in [-0.25, -0.2) is 4.79 Å². The molecule has 0 radical (unpaired) electrons. The fraction of sp³-hybridized carbons (Fsp3) is 0.688. The van der Waals surface area contributed by atoms with E-state index in [2.05, 4.69) is 4.74 Å². The van der Waals surface area contributed by atoms with Gasteiger partial charge in [0.15, 0.2) is 0 Å². The number of allylic oxidation sites excluding steroid dienone is 1. The molecular formula is C16H23F3N2O4. The summed E-state index contributed by atoms with van der Waals surface area (Å²) in [5, 5.41) is 1.78. The second-order valence-corrected chi connectivity index (χ2v) is 6.30. The molecule has 1 aliphatic rings. The van der Waals surface area contributed by atoms with Crippen molar-refractivity contribution in [2.24, 2.45) is 5.92 Å². The lowest BCUT2D eigenvalue weighted by atomic mass is 9.88. The molecule has 1 N–H and O–H groups in total. The molecule has 0 aliphatic carbocycles. The van der Waals surface area contributed by atoms with E-state index in [-0.39, 0.29) is 24.6 Å². The Balaban J connectivity index is 3.58. The third-order valence-electron chi connectivity index (χ3n) is 3.89. The highest BCUT2D eigenvalue weighted by Crippen LogP contribution is 2.45. The molecule has 0 aromatic carbocycles. The van der Waals surface area contributed by atoms with E-state index >= 15 is 0 Å². The lowest BCUT2D eigenvalue weighted by Gasteiger charge is -2.33. The standard InChI is InChI=1S/C16H23F3N2O4/c1-6-7-21-10(4)12(13(23)25-5)15(14(21)24,16(17,18)19)20-11(22)8-9(2)3/h9H,6-8H2,1-5H3,(H,20,22)/t15-/m0/s1. The van der Waals surface area contributed by atoms with Crippen LogP contribution in [0.4, 0.5) is 13.2 Å². The van der Waals surface area contributed by atoms with Crippen LogP contribution in [0.3, 0.4) is 0 Å². The molecule has 1 atom stereocenters. The zero-order chi connectivity index (χ0) is 19.6. The molecule has 0 spiro atoms. The van der Waals surface area contributed by atoms with Gasteiger partial charge in [0.1, 0.15) is 5.57 Å². The van der Waals surface area contributed by atoms with Crippen molar-refractivity contribution in [3.05, 3.63) is 11.3 Å². The summed E-state index contributed by atoms with van der Waals surface area (Å²) in [5.41, 5.74) is -4.48. The van der Waals surface area contributed by atoms with Crippen molar-refractivity contribution in [1.82, 2.24) is 10.2 Å². The van der Waals surface area contributed by atoms with E-state index in [1.54, 1.807) is 26.1 Å². The van der Waals surface area contributed by atoms with E-state index in [9.17, 15) is 27.6 Å². The zero-order valence-corrected chi connectivity index (χ0v) is 14.9. The normalized spacial score (nSPS) is 21.2. The second kappa shape index (κ2) is 7.45. The summed E-state index contributed by atoms with van der Waals surface area (Å²) in [6.07, 6.45) is -5.04. The predicted molar refractivity (Wildman–Crippen MR) is 83.1 cm³/mol.